The molecule has 215 valence electrons. The van der Waals surface area contributed by atoms with Gasteiger partial charge >= 0.3 is 145 Å². The molecule has 3 aromatic carbocycles. The Hall–Kier alpha value is -1.68. The SMILES string of the molecule is CC1=C2c3cc(C)n(-c4ccccc4)c3C1[Si]2(C)C.CC1=Cc2c(-c3ccc([Si](C)(C)C)cc3)cccc2[CH]1[Zr+2].[Cl-].[Cl-]. The third-order valence-corrected chi connectivity index (χ3v) is 17.4. The number of allylic oxidation sites excluding steroid dienone is 2. The molecule has 2 aliphatic heterocycles. The molecule has 1 aromatic heterocycles. The van der Waals surface area contributed by atoms with Gasteiger partial charge in [-0.3, -0.25) is 0 Å². The van der Waals surface area contributed by atoms with E-state index in [1.165, 1.54) is 44.4 Å². The van der Waals surface area contributed by atoms with Crippen LogP contribution in [0.5, 0.6) is 0 Å². The van der Waals surface area contributed by atoms with Crippen LogP contribution in [0.25, 0.3) is 28.1 Å². The van der Waals surface area contributed by atoms with Gasteiger partial charge in [-0.25, -0.2) is 0 Å². The monoisotopic (exact) mass is 702 g/mol. The predicted octanol–water partition coefficient (Wildman–Crippen LogP) is 3.37. The fourth-order valence-electron chi connectivity index (χ4n) is 7.38. The molecule has 0 saturated heterocycles. The summed E-state index contributed by atoms with van der Waals surface area (Å²) in [6.45, 7) is 19.1. The van der Waals surface area contributed by atoms with Crippen LogP contribution in [0.15, 0.2) is 90.0 Å². The van der Waals surface area contributed by atoms with Crippen molar-refractivity contribution in [1.82, 2.24) is 4.57 Å². The van der Waals surface area contributed by atoms with E-state index in [-0.39, 0.29) is 24.8 Å². The second-order valence-electron chi connectivity index (χ2n) is 13.4. The number of aromatic nitrogens is 1. The Morgan fingerprint density at radius 2 is 1.43 bits per heavy atom. The molecule has 6 heteroatoms. The third-order valence-electron chi connectivity index (χ3n) is 9.31. The summed E-state index contributed by atoms with van der Waals surface area (Å²) in [5.41, 5.74) is 15.4. The second kappa shape index (κ2) is 12.0. The van der Waals surface area contributed by atoms with Crippen molar-refractivity contribution >= 4 is 32.6 Å². The Morgan fingerprint density at radius 1 is 0.786 bits per heavy atom. The molecule has 0 N–H and O–H groups in total. The van der Waals surface area contributed by atoms with Crippen LogP contribution in [0.1, 0.15) is 51.1 Å². The van der Waals surface area contributed by atoms with Crippen LogP contribution < -0.4 is 30.0 Å². The summed E-state index contributed by atoms with van der Waals surface area (Å²) >= 11 is 1.59. The zero-order chi connectivity index (χ0) is 28.6. The minimum Gasteiger partial charge on any atom is -1.00 e. The van der Waals surface area contributed by atoms with Crippen LogP contribution in [0.4, 0.5) is 0 Å². The molecule has 0 amide bonds. The largest absolute Gasteiger partial charge is 1.00 e. The van der Waals surface area contributed by atoms with Crippen molar-refractivity contribution in [3.05, 3.63) is 118 Å². The van der Waals surface area contributed by atoms with Crippen molar-refractivity contribution in [2.45, 2.75) is 62.7 Å². The maximum absolute atomic E-state index is 2.52. The topological polar surface area (TPSA) is 4.93 Å². The first-order chi connectivity index (χ1) is 18.9. The molecule has 4 aliphatic rings. The van der Waals surface area contributed by atoms with Gasteiger partial charge in [0.1, 0.15) is 0 Å². The Morgan fingerprint density at radius 3 is 2.02 bits per heavy atom. The van der Waals surface area contributed by atoms with E-state index in [2.05, 4.69) is 143 Å². The van der Waals surface area contributed by atoms with E-state index in [1.807, 2.05) is 0 Å². The molecular formula is C36H40Cl2NSi2Zr. The predicted molar refractivity (Wildman–Crippen MR) is 175 cm³/mol. The zero-order valence-electron chi connectivity index (χ0n) is 25.9. The quantitative estimate of drug-likeness (QED) is 0.289. The van der Waals surface area contributed by atoms with Crippen LogP contribution in [0.3, 0.4) is 0 Å². The van der Waals surface area contributed by atoms with Gasteiger partial charge in [0.05, 0.1) is 8.07 Å². The van der Waals surface area contributed by atoms with Crippen LogP contribution in [0.2, 0.25) is 32.7 Å². The molecule has 2 aliphatic carbocycles. The van der Waals surface area contributed by atoms with E-state index in [9.17, 15) is 0 Å². The Balaban J connectivity index is 0.000000185. The Bertz CT molecular complexity index is 1690. The van der Waals surface area contributed by atoms with Crippen molar-refractivity contribution in [2.24, 2.45) is 0 Å². The number of halogens is 2. The van der Waals surface area contributed by atoms with E-state index in [0.717, 1.165) is 5.54 Å². The van der Waals surface area contributed by atoms with Crippen molar-refractivity contribution in [2.75, 3.05) is 0 Å². The van der Waals surface area contributed by atoms with Gasteiger partial charge in [-0.1, -0.05) is 42.1 Å². The zero-order valence-corrected chi connectivity index (χ0v) is 31.9. The van der Waals surface area contributed by atoms with Gasteiger partial charge < -0.3 is 29.4 Å². The minimum absolute atomic E-state index is 0. The standard InChI is InChI=1S/C19H21Si.C17H19NSi.2ClH.Zr/c1-14-12-16-6-5-7-18(19(16)13-14)15-8-10-17(11-9-15)20(2,3)4;1-11-10-14-15(17-12(2)16(14)19(17,3)4)18(11)13-8-6-5-7-9-13;;;/h5-13H,1-4H3;5-10,17H,1-4H3;2*1H;/q;;;;+2/p-2. The molecule has 42 heavy (non-hydrogen) atoms. The average Bonchev–Trinajstić information content (AvgIpc) is 3.56. The van der Waals surface area contributed by atoms with Gasteiger partial charge in [0.15, 0.2) is 0 Å². The minimum atomic E-state index is -1.21. The van der Waals surface area contributed by atoms with Crippen molar-refractivity contribution in [3.63, 3.8) is 0 Å². The first-order valence-corrected chi connectivity index (χ1v) is 22.5. The summed E-state index contributed by atoms with van der Waals surface area (Å²) in [6, 6.07) is 29.3. The molecule has 3 heterocycles. The van der Waals surface area contributed by atoms with Gasteiger partial charge in [0.25, 0.3) is 0 Å². The number of hydrogen-bond donors (Lipinski definition) is 0. The van der Waals surface area contributed by atoms with Crippen molar-refractivity contribution < 1.29 is 49.5 Å². The average molecular weight is 705 g/mol. The van der Waals surface area contributed by atoms with Gasteiger partial charge in [0.2, 0.25) is 0 Å². The number of nitrogens with zero attached hydrogens (tertiary/aromatic N) is 1. The van der Waals surface area contributed by atoms with E-state index in [0.29, 0.717) is 3.63 Å². The summed E-state index contributed by atoms with van der Waals surface area (Å²) in [7, 11) is -2.40. The molecule has 8 rings (SSSR count). The van der Waals surface area contributed by atoms with Gasteiger partial charge in [-0.05, 0) is 37.6 Å². The summed E-state index contributed by atoms with van der Waals surface area (Å²) < 4.78 is 3.13. The number of fused-ring (bicyclic) bond motifs is 1. The van der Waals surface area contributed by atoms with E-state index in [1.54, 1.807) is 46.7 Å². The van der Waals surface area contributed by atoms with Crippen LogP contribution >= 0.6 is 0 Å². The number of hydrogen-bond acceptors (Lipinski definition) is 0. The molecule has 0 radical (unpaired) electrons. The first kappa shape index (κ1) is 33.2. The fraction of sp³-hybridized carbons (Fsp3) is 0.278. The van der Waals surface area contributed by atoms with E-state index >= 15 is 0 Å². The summed E-state index contributed by atoms with van der Waals surface area (Å²) in [6.07, 6.45) is 2.39. The summed E-state index contributed by atoms with van der Waals surface area (Å²) in [4.78, 5) is 0. The van der Waals surface area contributed by atoms with Crippen molar-refractivity contribution in [1.29, 1.82) is 0 Å². The molecule has 2 atom stereocenters. The molecule has 2 unspecified atom stereocenters. The summed E-state index contributed by atoms with van der Waals surface area (Å²) in [5, 5.41) is 3.26. The fourth-order valence-corrected chi connectivity index (χ4v) is 13.7. The molecule has 2 bridgehead atoms. The number of para-hydroxylation sites is 1. The maximum Gasteiger partial charge on any atom is -1.00 e. The maximum atomic E-state index is 2.52. The van der Waals surface area contributed by atoms with Crippen LogP contribution in [-0.2, 0) is 24.7 Å². The molecule has 1 nitrogen and oxygen atoms in total. The van der Waals surface area contributed by atoms with Gasteiger partial charge in [-0.2, -0.15) is 0 Å². The van der Waals surface area contributed by atoms with Crippen LogP contribution in [0, 0.1) is 6.92 Å². The number of benzene rings is 3. The van der Waals surface area contributed by atoms with Gasteiger partial charge in [0, 0.05) is 22.6 Å². The molecule has 0 fully saturated rings. The molecular weight excluding hydrogens is 665 g/mol. The Labute approximate surface area is 282 Å². The first-order valence-electron chi connectivity index (χ1n) is 14.5. The normalized spacial score (nSPS) is 19.0. The van der Waals surface area contributed by atoms with Gasteiger partial charge in [-0.15, -0.1) is 0 Å². The van der Waals surface area contributed by atoms with E-state index in [4.69, 9.17) is 0 Å². The molecule has 0 spiro atoms. The number of rotatable bonds is 3. The van der Waals surface area contributed by atoms with E-state index < -0.39 is 16.1 Å². The second-order valence-corrected chi connectivity index (χ2v) is 24.4. The molecule has 4 aromatic rings. The third kappa shape index (κ3) is 5.30. The number of aryl methyl sites for hydroxylation is 1. The van der Waals surface area contributed by atoms with Crippen LogP contribution in [-0.4, -0.2) is 20.7 Å². The summed E-state index contributed by atoms with van der Waals surface area (Å²) in [5.74, 6) is 0. The van der Waals surface area contributed by atoms with Crippen molar-refractivity contribution in [3.8, 4) is 16.8 Å². The molecule has 0 saturated carbocycles. The Kier molecular flexibility index (Phi) is 9.50. The smallest absolute Gasteiger partial charge is 1.00 e.